The van der Waals surface area contributed by atoms with E-state index in [1.165, 1.54) is 4.68 Å². The molecule has 0 unspecified atom stereocenters. The average molecular weight is 255 g/mol. The van der Waals surface area contributed by atoms with Gasteiger partial charge >= 0.3 is 11.9 Å². The highest BCUT2D eigenvalue weighted by molar-refractivity contribution is 5.86. The van der Waals surface area contributed by atoms with Crippen LogP contribution in [0.1, 0.15) is 55.2 Å². The van der Waals surface area contributed by atoms with Gasteiger partial charge in [-0.25, -0.2) is 9.48 Å². The Balaban J connectivity index is 3.10. The van der Waals surface area contributed by atoms with Crippen molar-refractivity contribution < 1.29 is 19.8 Å². The normalized spacial score (nSPS) is 10.8. The van der Waals surface area contributed by atoms with E-state index < -0.39 is 11.9 Å². The fourth-order valence-corrected chi connectivity index (χ4v) is 1.92. The van der Waals surface area contributed by atoms with E-state index in [0.717, 1.165) is 12.8 Å². The Labute approximate surface area is 104 Å². The van der Waals surface area contributed by atoms with Gasteiger partial charge in [0, 0.05) is 5.92 Å². The van der Waals surface area contributed by atoms with Crippen molar-refractivity contribution in [3.05, 3.63) is 11.4 Å². The number of hydrogen-bond donors (Lipinski definition) is 2. The van der Waals surface area contributed by atoms with Crippen LogP contribution in [-0.4, -0.2) is 37.1 Å². The molecule has 2 N–H and O–H groups in total. The number of aromatic nitrogens is 3. The van der Waals surface area contributed by atoms with Crippen molar-refractivity contribution in [3.63, 3.8) is 0 Å². The first-order valence-corrected chi connectivity index (χ1v) is 5.89. The summed E-state index contributed by atoms with van der Waals surface area (Å²) < 4.78 is 1.40. The van der Waals surface area contributed by atoms with Gasteiger partial charge in [0.15, 0.2) is 5.69 Å². The molecule has 0 saturated carbocycles. The Morgan fingerprint density at radius 2 is 1.89 bits per heavy atom. The summed E-state index contributed by atoms with van der Waals surface area (Å²) in [6.07, 6.45) is 1.42. The first-order chi connectivity index (χ1) is 8.51. The molecule has 0 aliphatic rings. The molecule has 100 valence electrons. The number of carboxylic acids is 2. The highest BCUT2D eigenvalue weighted by Gasteiger charge is 2.24. The van der Waals surface area contributed by atoms with Gasteiger partial charge in [-0.1, -0.05) is 19.1 Å². The summed E-state index contributed by atoms with van der Waals surface area (Å²) in [5, 5.41) is 25.1. The molecule has 0 saturated heterocycles. The monoisotopic (exact) mass is 255 g/mol. The summed E-state index contributed by atoms with van der Waals surface area (Å²) in [4.78, 5) is 21.6. The van der Waals surface area contributed by atoms with Crippen molar-refractivity contribution in [2.24, 2.45) is 0 Å². The number of rotatable bonds is 7. The zero-order valence-electron chi connectivity index (χ0n) is 10.5. The summed E-state index contributed by atoms with van der Waals surface area (Å²) in [6, 6.07) is 0. The lowest BCUT2D eigenvalue weighted by atomic mass is 9.97. The largest absolute Gasteiger partial charge is 0.481 e. The molecule has 0 aliphatic carbocycles. The molecular formula is C11H17N3O4. The molecule has 7 heteroatoms. The minimum atomic E-state index is -1.13. The third-order valence-electron chi connectivity index (χ3n) is 2.89. The van der Waals surface area contributed by atoms with Gasteiger partial charge < -0.3 is 10.2 Å². The number of aliphatic carboxylic acids is 1. The lowest BCUT2D eigenvalue weighted by Crippen LogP contribution is -2.14. The lowest BCUT2D eigenvalue weighted by molar-refractivity contribution is -0.137. The molecule has 0 bridgehead atoms. The summed E-state index contributed by atoms with van der Waals surface area (Å²) >= 11 is 0. The second-order valence-corrected chi connectivity index (χ2v) is 4.01. The number of carbonyl (C=O) groups is 2. The second kappa shape index (κ2) is 6.13. The first kappa shape index (κ1) is 14.1. The van der Waals surface area contributed by atoms with E-state index in [0.29, 0.717) is 5.69 Å². The van der Waals surface area contributed by atoms with E-state index in [-0.39, 0.29) is 24.6 Å². The van der Waals surface area contributed by atoms with Crippen LogP contribution in [0.25, 0.3) is 0 Å². The summed E-state index contributed by atoms with van der Waals surface area (Å²) in [6.45, 7) is 4.05. The van der Waals surface area contributed by atoms with Gasteiger partial charge in [-0.05, 0) is 12.8 Å². The number of nitrogens with zero attached hydrogens (tertiary/aromatic N) is 3. The molecule has 1 aromatic rings. The van der Waals surface area contributed by atoms with E-state index in [4.69, 9.17) is 10.2 Å². The van der Waals surface area contributed by atoms with Crippen molar-refractivity contribution in [2.45, 2.75) is 45.6 Å². The molecule has 0 aliphatic heterocycles. The van der Waals surface area contributed by atoms with E-state index in [9.17, 15) is 9.59 Å². The Hall–Kier alpha value is -1.92. The Kier molecular flexibility index (Phi) is 4.82. The maximum absolute atomic E-state index is 11.1. The molecule has 1 aromatic heterocycles. The molecule has 18 heavy (non-hydrogen) atoms. The first-order valence-electron chi connectivity index (χ1n) is 5.89. The number of hydrogen-bond acceptors (Lipinski definition) is 4. The zero-order valence-corrected chi connectivity index (χ0v) is 10.5. The lowest BCUT2D eigenvalue weighted by Gasteiger charge is -2.14. The van der Waals surface area contributed by atoms with Crippen LogP contribution in [0.2, 0.25) is 0 Å². The van der Waals surface area contributed by atoms with Crippen LogP contribution in [0.3, 0.4) is 0 Å². The van der Waals surface area contributed by atoms with E-state index >= 15 is 0 Å². The van der Waals surface area contributed by atoms with Crippen LogP contribution in [0.15, 0.2) is 0 Å². The fourth-order valence-electron chi connectivity index (χ4n) is 1.92. The van der Waals surface area contributed by atoms with Crippen LogP contribution < -0.4 is 0 Å². The van der Waals surface area contributed by atoms with Gasteiger partial charge in [-0.2, -0.15) is 0 Å². The van der Waals surface area contributed by atoms with E-state index in [1.807, 2.05) is 13.8 Å². The van der Waals surface area contributed by atoms with Crippen LogP contribution in [0.5, 0.6) is 0 Å². The van der Waals surface area contributed by atoms with Crippen molar-refractivity contribution in [1.82, 2.24) is 15.0 Å². The quantitative estimate of drug-likeness (QED) is 0.762. The molecular weight excluding hydrogens is 238 g/mol. The molecule has 0 spiro atoms. The summed E-state index contributed by atoms with van der Waals surface area (Å²) in [5.41, 5.74) is 0.447. The third-order valence-corrected chi connectivity index (χ3v) is 2.89. The maximum Gasteiger partial charge on any atom is 0.358 e. The second-order valence-electron chi connectivity index (χ2n) is 4.01. The summed E-state index contributed by atoms with van der Waals surface area (Å²) in [5.74, 6) is -2.05. The molecule has 1 rings (SSSR count). The SMILES string of the molecule is CCC(CC)c1c(C(=O)O)nnn1CCC(=O)O. The maximum atomic E-state index is 11.1. The minimum Gasteiger partial charge on any atom is -0.481 e. The molecule has 0 atom stereocenters. The van der Waals surface area contributed by atoms with Crippen molar-refractivity contribution in [2.75, 3.05) is 0 Å². The molecule has 1 heterocycles. The highest BCUT2D eigenvalue weighted by atomic mass is 16.4. The average Bonchev–Trinajstić information content (AvgIpc) is 2.72. The van der Waals surface area contributed by atoms with Crippen LogP contribution in [0.4, 0.5) is 0 Å². The molecule has 0 amide bonds. The van der Waals surface area contributed by atoms with Gasteiger partial charge in [0.2, 0.25) is 0 Å². The smallest absolute Gasteiger partial charge is 0.358 e. The van der Waals surface area contributed by atoms with E-state index in [1.54, 1.807) is 0 Å². The van der Waals surface area contributed by atoms with Crippen LogP contribution >= 0.6 is 0 Å². The van der Waals surface area contributed by atoms with Crippen molar-refractivity contribution >= 4 is 11.9 Å². The van der Waals surface area contributed by atoms with Gasteiger partial charge in [0.05, 0.1) is 18.7 Å². The minimum absolute atomic E-state index is 0.0277. The van der Waals surface area contributed by atoms with E-state index in [2.05, 4.69) is 10.3 Å². The number of carboxylic acid groups (broad SMARTS) is 2. The number of aromatic carboxylic acids is 1. The van der Waals surface area contributed by atoms with Gasteiger partial charge in [0.1, 0.15) is 0 Å². The molecule has 0 aromatic carbocycles. The van der Waals surface area contributed by atoms with Gasteiger partial charge in [-0.15, -0.1) is 5.10 Å². The van der Waals surface area contributed by atoms with Crippen molar-refractivity contribution in [3.8, 4) is 0 Å². The Morgan fingerprint density at radius 1 is 1.28 bits per heavy atom. The fraction of sp³-hybridized carbons (Fsp3) is 0.636. The van der Waals surface area contributed by atoms with Crippen LogP contribution in [0, 0.1) is 0 Å². The predicted molar refractivity (Wildman–Crippen MR) is 62.6 cm³/mol. The predicted octanol–water partition coefficient (Wildman–Crippen LogP) is 1.35. The van der Waals surface area contributed by atoms with Crippen molar-refractivity contribution in [1.29, 1.82) is 0 Å². The topological polar surface area (TPSA) is 105 Å². The summed E-state index contributed by atoms with van der Waals surface area (Å²) in [7, 11) is 0. The van der Waals surface area contributed by atoms with Gasteiger partial charge in [-0.3, -0.25) is 4.79 Å². The molecule has 0 fully saturated rings. The highest BCUT2D eigenvalue weighted by Crippen LogP contribution is 2.25. The Morgan fingerprint density at radius 3 is 2.33 bits per heavy atom. The van der Waals surface area contributed by atoms with Crippen LogP contribution in [-0.2, 0) is 11.3 Å². The molecule has 7 nitrogen and oxygen atoms in total. The number of aryl methyl sites for hydroxylation is 1. The molecule has 0 radical (unpaired) electrons. The van der Waals surface area contributed by atoms with Gasteiger partial charge in [0.25, 0.3) is 0 Å². The Bertz CT molecular complexity index is 437. The zero-order chi connectivity index (χ0) is 13.7. The third kappa shape index (κ3) is 3.06. The standard InChI is InChI=1S/C11H17N3O4/c1-3-7(4-2)10-9(11(17)18)12-13-14(10)6-5-8(15)16/h7H,3-6H2,1-2H3,(H,15,16)(H,17,18).